The van der Waals surface area contributed by atoms with Crippen molar-refractivity contribution < 1.29 is 4.79 Å². The zero-order chi connectivity index (χ0) is 10.9. The Bertz CT molecular complexity index is 221. The summed E-state index contributed by atoms with van der Waals surface area (Å²) in [6, 6.07) is 0. The van der Waals surface area contributed by atoms with Gasteiger partial charge in [-0.15, -0.1) is 0 Å². The molecule has 0 radical (unpaired) electrons. The molecule has 0 bridgehead atoms. The molecule has 0 saturated heterocycles. The number of nitrogens with one attached hydrogen (secondary N) is 1. The molecule has 0 amide bonds. The molecule has 1 rings (SSSR count). The van der Waals surface area contributed by atoms with Gasteiger partial charge in [0.2, 0.25) is 0 Å². The van der Waals surface area contributed by atoms with Crippen LogP contribution in [-0.4, -0.2) is 19.4 Å². The summed E-state index contributed by atoms with van der Waals surface area (Å²) in [7, 11) is 1.93. The SMILES string of the molecule is CNCCCC(=O)C1=CCCCCCC1. The molecule has 1 aliphatic rings. The highest BCUT2D eigenvalue weighted by atomic mass is 16.1. The summed E-state index contributed by atoms with van der Waals surface area (Å²) in [6.07, 6.45) is 11.1. The molecule has 0 heterocycles. The van der Waals surface area contributed by atoms with Gasteiger partial charge in [-0.3, -0.25) is 4.79 Å². The normalized spacial score (nSPS) is 17.8. The number of ketones is 1. The lowest BCUT2D eigenvalue weighted by atomic mass is 9.95. The van der Waals surface area contributed by atoms with E-state index >= 15 is 0 Å². The molecule has 86 valence electrons. The minimum absolute atomic E-state index is 0.382. The van der Waals surface area contributed by atoms with E-state index in [4.69, 9.17) is 0 Å². The van der Waals surface area contributed by atoms with Crippen molar-refractivity contribution in [2.45, 2.75) is 51.4 Å². The molecule has 1 aliphatic carbocycles. The molecule has 0 aromatic rings. The first-order valence-electron chi connectivity index (χ1n) is 6.21. The van der Waals surface area contributed by atoms with Crippen molar-refractivity contribution in [3.05, 3.63) is 11.6 Å². The van der Waals surface area contributed by atoms with Gasteiger partial charge in [0, 0.05) is 6.42 Å². The largest absolute Gasteiger partial charge is 0.320 e. The predicted octanol–water partition coefficient (Wildman–Crippen LogP) is 2.84. The number of hydrogen-bond acceptors (Lipinski definition) is 2. The van der Waals surface area contributed by atoms with E-state index in [0.29, 0.717) is 12.2 Å². The van der Waals surface area contributed by atoms with Crippen molar-refractivity contribution >= 4 is 5.78 Å². The number of allylic oxidation sites excluding steroid dienone is 2. The Morgan fingerprint density at radius 3 is 2.93 bits per heavy atom. The van der Waals surface area contributed by atoms with Crippen molar-refractivity contribution in [2.75, 3.05) is 13.6 Å². The van der Waals surface area contributed by atoms with Crippen LogP contribution in [0.25, 0.3) is 0 Å². The van der Waals surface area contributed by atoms with Crippen LogP contribution in [0.4, 0.5) is 0 Å². The topological polar surface area (TPSA) is 29.1 Å². The van der Waals surface area contributed by atoms with Crippen LogP contribution < -0.4 is 5.32 Å². The second-order valence-corrected chi connectivity index (χ2v) is 4.31. The van der Waals surface area contributed by atoms with Crippen LogP contribution in [0.5, 0.6) is 0 Å². The monoisotopic (exact) mass is 209 g/mol. The van der Waals surface area contributed by atoms with E-state index in [9.17, 15) is 4.79 Å². The zero-order valence-corrected chi connectivity index (χ0v) is 9.85. The number of hydrogen-bond donors (Lipinski definition) is 1. The van der Waals surface area contributed by atoms with Gasteiger partial charge in [-0.05, 0) is 51.3 Å². The molecular weight excluding hydrogens is 186 g/mol. The third-order valence-electron chi connectivity index (χ3n) is 2.98. The highest BCUT2D eigenvalue weighted by Crippen LogP contribution is 2.18. The molecule has 0 aliphatic heterocycles. The molecule has 0 saturated carbocycles. The van der Waals surface area contributed by atoms with E-state index in [0.717, 1.165) is 31.4 Å². The Kier molecular flexibility index (Phi) is 6.33. The second kappa shape index (κ2) is 7.63. The predicted molar refractivity (Wildman–Crippen MR) is 64.0 cm³/mol. The van der Waals surface area contributed by atoms with Crippen molar-refractivity contribution in [2.24, 2.45) is 0 Å². The molecular formula is C13H23NO. The van der Waals surface area contributed by atoms with Gasteiger partial charge in [0.15, 0.2) is 5.78 Å². The van der Waals surface area contributed by atoms with Crippen LogP contribution >= 0.6 is 0 Å². The fourth-order valence-electron chi connectivity index (χ4n) is 2.03. The molecule has 0 spiro atoms. The molecule has 0 aromatic carbocycles. The average Bonchev–Trinajstić information content (AvgIpc) is 2.17. The first-order valence-corrected chi connectivity index (χ1v) is 6.21. The van der Waals surface area contributed by atoms with Crippen molar-refractivity contribution in [3.63, 3.8) is 0 Å². The van der Waals surface area contributed by atoms with E-state index in [1.165, 1.54) is 25.7 Å². The molecule has 0 atom stereocenters. The van der Waals surface area contributed by atoms with Crippen molar-refractivity contribution in [1.82, 2.24) is 5.32 Å². The average molecular weight is 209 g/mol. The van der Waals surface area contributed by atoms with Gasteiger partial charge in [-0.1, -0.05) is 18.9 Å². The first-order chi connectivity index (χ1) is 7.34. The second-order valence-electron chi connectivity index (χ2n) is 4.31. The Morgan fingerprint density at radius 2 is 2.13 bits per heavy atom. The summed E-state index contributed by atoms with van der Waals surface area (Å²) >= 11 is 0. The summed E-state index contributed by atoms with van der Waals surface area (Å²) in [5, 5.41) is 3.08. The third-order valence-corrected chi connectivity index (χ3v) is 2.98. The molecule has 0 unspecified atom stereocenters. The molecule has 1 N–H and O–H groups in total. The van der Waals surface area contributed by atoms with Gasteiger partial charge in [0.05, 0.1) is 0 Å². The van der Waals surface area contributed by atoms with Crippen LogP contribution in [0.15, 0.2) is 11.6 Å². The summed E-state index contributed by atoms with van der Waals surface area (Å²) in [5.41, 5.74) is 1.10. The lowest BCUT2D eigenvalue weighted by Gasteiger charge is -2.10. The van der Waals surface area contributed by atoms with Gasteiger partial charge in [-0.2, -0.15) is 0 Å². The summed E-state index contributed by atoms with van der Waals surface area (Å²) in [5.74, 6) is 0.382. The highest BCUT2D eigenvalue weighted by molar-refractivity contribution is 5.95. The standard InChI is InChI=1S/C13H23NO/c1-14-11-7-10-13(15)12-8-5-3-2-4-6-9-12/h8,14H,2-7,9-11H2,1H3. The van der Waals surface area contributed by atoms with Gasteiger partial charge in [0.1, 0.15) is 0 Å². The van der Waals surface area contributed by atoms with Crippen LogP contribution in [0.3, 0.4) is 0 Å². The number of Topliss-reactive ketones (excluding diaryl/α,β-unsaturated/α-hetero) is 1. The molecule has 2 nitrogen and oxygen atoms in total. The number of carbonyl (C=O) groups excluding carboxylic acids is 1. The van der Waals surface area contributed by atoms with E-state index in [-0.39, 0.29) is 0 Å². The maximum Gasteiger partial charge on any atom is 0.158 e. The van der Waals surface area contributed by atoms with Crippen molar-refractivity contribution in [3.8, 4) is 0 Å². The Labute approximate surface area is 93.1 Å². The Balaban J connectivity index is 2.34. The summed E-state index contributed by atoms with van der Waals surface area (Å²) in [6.45, 7) is 0.943. The highest BCUT2D eigenvalue weighted by Gasteiger charge is 2.10. The lowest BCUT2D eigenvalue weighted by Crippen LogP contribution is -2.11. The lowest BCUT2D eigenvalue weighted by molar-refractivity contribution is -0.115. The summed E-state index contributed by atoms with van der Waals surface area (Å²) < 4.78 is 0. The Morgan fingerprint density at radius 1 is 1.33 bits per heavy atom. The fourth-order valence-corrected chi connectivity index (χ4v) is 2.03. The van der Waals surface area contributed by atoms with E-state index in [1.807, 2.05) is 7.05 Å². The smallest absolute Gasteiger partial charge is 0.158 e. The van der Waals surface area contributed by atoms with Gasteiger partial charge in [0.25, 0.3) is 0 Å². The van der Waals surface area contributed by atoms with E-state index in [2.05, 4.69) is 11.4 Å². The Hall–Kier alpha value is -0.630. The maximum absolute atomic E-state index is 11.8. The molecule has 0 fully saturated rings. The molecule has 2 heteroatoms. The number of rotatable bonds is 5. The first kappa shape index (κ1) is 12.4. The van der Waals surface area contributed by atoms with Crippen LogP contribution in [-0.2, 0) is 4.79 Å². The minimum Gasteiger partial charge on any atom is -0.320 e. The summed E-state index contributed by atoms with van der Waals surface area (Å²) in [4.78, 5) is 11.8. The van der Waals surface area contributed by atoms with Gasteiger partial charge < -0.3 is 5.32 Å². The quantitative estimate of drug-likeness (QED) is 0.705. The third kappa shape index (κ3) is 5.12. The van der Waals surface area contributed by atoms with Crippen LogP contribution in [0, 0.1) is 0 Å². The zero-order valence-electron chi connectivity index (χ0n) is 9.85. The van der Waals surface area contributed by atoms with Gasteiger partial charge >= 0.3 is 0 Å². The van der Waals surface area contributed by atoms with Crippen LogP contribution in [0.2, 0.25) is 0 Å². The van der Waals surface area contributed by atoms with Gasteiger partial charge in [-0.25, -0.2) is 0 Å². The minimum atomic E-state index is 0.382. The van der Waals surface area contributed by atoms with Crippen molar-refractivity contribution in [1.29, 1.82) is 0 Å². The van der Waals surface area contributed by atoms with Crippen LogP contribution in [0.1, 0.15) is 51.4 Å². The molecule has 0 aromatic heterocycles. The molecule has 15 heavy (non-hydrogen) atoms. The van der Waals surface area contributed by atoms with E-state index < -0.39 is 0 Å². The fraction of sp³-hybridized carbons (Fsp3) is 0.769. The maximum atomic E-state index is 11.8. The van der Waals surface area contributed by atoms with E-state index in [1.54, 1.807) is 0 Å². The number of carbonyl (C=O) groups is 1.